The number of halogens is 1. The summed E-state index contributed by atoms with van der Waals surface area (Å²) in [5.74, 6) is 0.591. The number of aryl methyl sites for hydroxylation is 2. The maximum absolute atomic E-state index is 12.8. The van der Waals surface area contributed by atoms with Crippen LogP contribution < -0.4 is 11.3 Å². The van der Waals surface area contributed by atoms with Crippen molar-refractivity contribution in [2.75, 3.05) is 5.73 Å². The van der Waals surface area contributed by atoms with Gasteiger partial charge in [0.05, 0.1) is 21.6 Å². The van der Waals surface area contributed by atoms with Crippen LogP contribution in [-0.2, 0) is 0 Å². The monoisotopic (exact) mass is 299 g/mol. The lowest BCUT2D eigenvalue weighted by Crippen LogP contribution is -2.23. The minimum absolute atomic E-state index is 0.132. The fraction of sp³-hybridized carbons (Fsp3) is 0.125. The molecule has 3 rings (SSSR count). The summed E-state index contributed by atoms with van der Waals surface area (Å²) in [4.78, 5) is 17.2. The van der Waals surface area contributed by atoms with Crippen molar-refractivity contribution in [3.05, 3.63) is 63.2 Å². The van der Waals surface area contributed by atoms with E-state index in [1.807, 2.05) is 19.1 Å². The van der Waals surface area contributed by atoms with Crippen LogP contribution in [0, 0.1) is 13.8 Å². The molecule has 0 bridgehead atoms. The third-order valence-corrected chi connectivity index (χ3v) is 3.78. The highest BCUT2D eigenvalue weighted by molar-refractivity contribution is 6.34. The molecule has 4 nitrogen and oxygen atoms in total. The van der Waals surface area contributed by atoms with Gasteiger partial charge in [-0.1, -0.05) is 17.7 Å². The van der Waals surface area contributed by atoms with Crippen molar-refractivity contribution in [1.29, 1.82) is 0 Å². The van der Waals surface area contributed by atoms with E-state index >= 15 is 0 Å². The van der Waals surface area contributed by atoms with E-state index in [1.54, 1.807) is 35.8 Å². The van der Waals surface area contributed by atoms with Gasteiger partial charge in [0, 0.05) is 5.69 Å². The lowest BCUT2D eigenvalue weighted by Gasteiger charge is -2.14. The van der Waals surface area contributed by atoms with E-state index in [0.717, 1.165) is 11.3 Å². The minimum atomic E-state index is -0.132. The Hall–Kier alpha value is -2.33. The van der Waals surface area contributed by atoms with Crippen molar-refractivity contribution in [1.82, 2.24) is 9.55 Å². The van der Waals surface area contributed by atoms with Crippen LogP contribution in [0.15, 0.2) is 41.2 Å². The first-order valence-electron chi connectivity index (χ1n) is 6.53. The molecular weight excluding hydrogens is 286 g/mol. The van der Waals surface area contributed by atoms with E-state index in [2.05, 4.69) is 4.98 Å². The van der Waals surface area contributed by atoms with E-state index in [0.29, 0.717) is 27.4 Å². The second kappa shape index (κ2) is 4.90. The first-order valence-corrected chi connectivity index (χ1v) is 6.91. The van der Waals surface area contributed by atoms with E-state index in [9.17, 15) is 4.79 Å². The van der Waals surface area contributed by atoms with Crippen LogP contribution >= 0.6 is 11.6 Å². The molecule has 0 amide bonds. The van der Waals surface area contributed by atoms with Crippen LogP contribution in [0.5, 0.6) is 0 Å². The molecule has 0 atom stereocenters. The zero-order valence-electron chi connectivity index (χ0n) is 11.7. The number of anilines is 1. The Bertz CT molecular complexity index is 915. The molecule has 3 aromatic rings. The summed E-state index contributed by atoms with van der Waals surface area (Å²) >= 11 is 6.12. The molecule has 0 fully saturated rings. The number of nitrogens with zero attached hydrogens (tertiary/aromatic N) is 2. The lowest BCUT2D eigenvalue weighted by molar-refractivity contribution is 0.888. The molecule has 0 saturated carbocycles. The molecule has 0 spiro atoms. The quantitative estimate of drug-likeness (QED) is 0.702. The minimum Gasteiger partial charge on any atom is -0.399 e. The van der Waals surface area contributed by atoms with Gasteiger partial charge in [-0.3, -0.25) is 9.36 Å². The highest BCUT2D eigenvalue weighted by Crippen LogP contribution is 2.22. The fourth-order valence-electron chi connectivity index (χ4n) is 2.49. The Morgan fingerprint density at radius 1 is 1.19 bits per heavy atom. The molecule has 2 N–H and O–H groups in total. The number of nitrogens with two attached hydrogens (primary N) is 1. The van der Waals surface area contributed by atoms with Crippen LogP contribution in [0.25, 0.3) is 16.6 Å². The molecule has 0 aliphatic rings. The maximum Gasteiger partial charge on any atom is 0.266 e. The Kier molecular flexibility index (Phi) is 3.18. The Morgan fingerprint density at radius 2 is 1.95 bits per heavy atom. The highest BCUT2D eigenvalue weighted by Gasteiger charge is 2.13. The van der Waals surface area contributed by atoms with E-state index in [4.69, 9.17) is 17.3 Å². The molecule has 0 unspecified atom stereocenters. The zero-order chi connectivity index (χ0) is 15.1. The average molecular weight is 300 g/mol. The highest BCUT2D eigenvalue weighted by atomic mass is 35.5. The van der Waals surface area contributed by atoms with Crippen LogP contribution in [0.2, 0.25) is 5.02 Å². The smallest absolute Gasteiger partial charge is 0.266 e. The topological polar surface area (TPSA) is 60.9 Å². The molecule has 0 aliphatic heterocycles. The Morgan fingerprint density at radius 3 is 2.67 bits per heavy atom. The number of aromatic nitrogens is 2. The summed E-state index contributed by atoms with van der Waals surface area (Å²) in [6.45, 7) is 3.71. The van der Waals surface area contributed by atoms with Crippen LogP contribution in [0.3, 0.4) is 0 Å². The number of hydrogen-bond acceptors (Lipinski definition) is 3. The Labute approximate surface area is 126 Å². The number of hydrogen-bond donors (Lipinski definition) is 1. The number of benzene rings is 2. The summed E-state index contributed by atoms with van der Waals surface area (Å²) in [6.07, 6.45) is 0. The van der Waals surface area contributed by atoms with Crippen LogP contribution in [0.4, 0.5) is 5.69 Å². The fourth-order valence-corrected chi connectivity index (χ4v) is 2.71. The first kappa shape index (κ1) is 13.6. The van der Waals surface area contributed by atoms with E-state index in [1.165, 1.54) is 0 Å². The van der Waals surface area contributed by atoms with Gasteiger partial charge in [0.25, 0.3) is 5.56 Å². The van der Waals surface area contributed by atoms with E-state index < -0.39 is 0 Å². The van der Waals surface area contributed by atoms with Gasteiger partial charge in [0.15, 0.2) is 0 Å². The molecule has 1 aromatic heterocycles. The predicted octanol–water partition coefficient (Wildman–Crippen LogP) is 3.24. The van der Waals surface area contributed by atoms with Crippen molar-refractivity contribution in [3.8, 4) is 5.69 Å². The number of rotatable bonds is 1. The number of para-hydroxylation sites is 1. The van der Waals surface area contributed by atoms with Crippen molar-refractivity contribution in [3.63, 3.8) is 0 Å². The second-order valence-electron chi connectivity index (χ2n) is 4.98. The second-order valence-corrected chi connectivity index (χ2v) is 5.39. The number of fused-ring (bicyclic) bond motifs is 1. The lowest BCUT2D eigenvalue weighted by atomic mass is 10.1. The van der Waals surface area contributed by atoms with Gasteiger partial charge in [-0.2, -0.15) is 0 Å². The molecule has 21 heavy (non-hydrogen) atoms. The number of nitrogen functional groups attached to an aromatic ring is 1. The van der Waals surface area contributed by atoms with Gasteiger partial charge in [-0.05, 0) is 49.7 Å². The largest absolute Gasteiger partial charge is 0.399 e. The van der Waals surface area contributed by atoms with Gasteiger partial charge in [0.2, 0.25) is 0 Å². The maximum atomic E-state index is 12.8. The van der Waals surface area contributed by atoms with Gasteiger partial charge in [-0.25, -0.2) is 4.98 Å². The third-order valence-electron chi connectivity index (χ3n) is 3.48. The van der Waals surface area contributed by atoms with Crippen molar-refractivity contribution >= 4 is 28.2 Å². The third kappa shape index (κ3) is 2.17. The van der Waals surface area contributed by atoms with Crippen molar-refractivity contribution in [2.45, 2.75) is 13.8 Å². The SMILES string of the molecule is Cc1cc(N)ccc1-n1c(C)nc2c(Cl)cccc2c1=O. The van der Waals surface area contributed by atoms with E-state index in [-0.39, 0.29) is 5.56 Å². The van der Waals surface area contributed by atoms with Gasteiger partial charge in [-0.15, -0.1) is 0 Å². The average Bonchev–Trinajstić information content (AvgIpc) is 2.42. The van der Waals surface area contributed by atoms with Crippen LogP contribution in [-0.4, -0.2) is 9.55 Å². The van der Waals surface area contributed by atoms with Crippen molar-refractivity contribution in [2.24, 2.45) is 0 Å². The molecule has 0 saturated heterocycles. The summed E-state index contributed by atoms with van der Waals surface area (Å²) in [7, 11) is 0. The summed E-state index contributed by atoms with van der Waals surface area (Å²) in [6, 6.07) is 10.7. The molecule has 5 heteroatoms. The standard InChI is InChI=1S/C16H14ClN3O/c1-9-8-11(18)6-7-14(9)20-10(2)19-15-12(16(20)21)4-3-5-13(15)17/h3-8H,18H2,1-2H3. The summed E-state index contributed by atoms with van der Waals surface area (Å²) in [5, 5.41) is 0.984. The first-order chi connectivity index (χ1) is 9.99. The molecule has 1 heterocycles. The van der Waals surface area contributed by atoms with Crippen LogP contribution in [0.1, 0.15) is 11.4 Å². The van der Waals surface area contributed by atoms with Gasteiger partial charge >= 0.3 is 0 Å². The Balaban J connectivity index is 2.41. The molecule has 0 aliphatic carbocycles. The summed E-state index contributed by atoms with van der Waals surface area (Å²) < 4.78 is 1.59. The molecule has 2 aromatic carbocycles. The van der Waals surface area contributed by atoms with Gasteiger partial charge in [0.1, 0.15) is 5.82 Å². The summed E-state index contributed by atoms with van der Waals surface area (Å²) in [5.41, 5.74) is 8.54. The van der Waals surface area contributed by atoms with Crippen molar-refractivity contribution < 1.29 is 0 Å². The molecular formula is C16H14ClN3O. The molecule has 0 radical (unpaired) electrons. The van der Waals surface area contributed by atoms with Gasteiger partial charge < -0.3 is 5.73 Å². The predicted molar refractivity (Wildman–Crippen MR) is 86.2 cm³/mol. The zero-order valence-corrected chi connectivity index (χ0v) is 12.5. The molecule has 106 valence electrons. The normalized spacial score (nSPS) is 11.0.